The average Bonchev–Trinajstić information content (AvgIpc) is 2.58. The lowest BCUT2D eigenvalue weighted by Gasteiger charge is -2.24. The van der Waals surface area contributed by atoms with Gasteiger partial charge in [0, 0.05) is 6.54 Å². The molecule has 2 rings (SSSR count). The fourth-order valence-electron chi connectivity index (χ4n) is 1.98. The first-order chi connectivity index (χ1) is 8.01. The maximum Gasteiger partial charge on any atom is 0.255 e. The number of thiazole rings is 1. The van der Waals surface area contributed by atoms with Gasteiger partial charge in [0.2, 0.25) is 0 Å². The molecule has 1 unspecified atom stereocenters. The fourth-order valence-corrected chi connectivity index (χ4v) is 4.80. The van der Waals surface area contributed by atoms with Crippen LogP contribution in [0.15, 0.2) is 10.4 Å². The molecule has 7 heteroatoms. The van der Waals surface area contributed by atoms with Gasteiger partial charge in [0.25, 0.3) is 10.0 Å². The van der Waals surface area contributed by atoms with Gasteiger partial charge >= 0.3 is 0 Å². The molecule has 0 bridgehead atoms. The summed E-state index contributed by atoms with van der Waals surface area (Å²) in [6.45, 7) is 2.31. The van der Waals surface area contributed by atoms with Gasteiger partial charge in [-0.1, -0.05) is 12.8 Å². The van der Waals surface area contributed by atoms with Gasteiger partial charge in [-0.25, -0.2) is 13.4 Å². The predicted molar refractivity (Wildman–Crippen MR) is 67.2 cm³/mol. The number of hydrogen-bond acceptors (Lipinski definition) is 5. The highest BCUT2D eigenvalue weighted by molar-refractivity contribution is 7.91. The van der Waals surface area contributed by atoms with E-state index in [4.69, 9.17) is 5.73 Å². The predicted octanol–water partition coefficient (Wildman–Crippen LogP) is 1.30. The van der Waals surface area contributed by atoms with Gasteiger partial charge in [-0.15, -0.1) is 11.3 Å². The highest BCUT2D eigenvalue weighted by Crippen LogP contribution is 2.26. The summed E-state index contributed by atoms with van der Waals surface area (Å²) >= 11 is 1.20. The molecular formula is C10H17N3O2S2. The van der Waals surface area contributed by atoms with E-state index in [1.54, 1.807) is 6.92 Å². The summed E-state index contributed by atoms with van der Waals surface area (Å²) in [4.78, 5) is 4.00. The Balaban J connectivity index is 2.30. The third-order valence-electron chi connectivity index (χ3n) is 2.91. The SMILES string of the molecule is Cc1ncc(S(=O)(=O)N2CCCCCC2N)s1. The van der Waals surface area contributed by atoms with Crippen LogP contribution in [-0.2, 0) is 10.0 Å². The average molecular weight is 275 g/mol. The second-order valence-electron chi connectivity index (χ2n) is 4.23. The van der Waals surface area contributed by atoms with Crippen LogP contribution < -0.4 is 5.73 Å². The molecule has 0 saturated carbocycles. The number of sulfonamides is 1. The minimum atomic E-state index is -3.45. The van der Waals surface area contributed by atoms with E-state index in [1.807, 2.05) is 0 Å². The Bertz CT molecular complexity index is 483. The summed E-state index contributed by atoms with van der Waals surface area (Å²) < 4.78 is 26.5. The molecule has 5 nitrogen and oxygen atoms in total. The van der Waals surface area contributed by atoms with Crippen molar-refractivity contribution in [2.75, 3.05) is 6.54 Å². The Morgan fingerprint density at radius 1 is 1.47 bits per heavy atom. The summed E-state index contributed by atoms with van der Waals surface area (Å²) in [5.74, 6) is 0. The molecule has 96 valence electrons. The van der Waals surface area contributed by atoms with Crippen LogP contribution >= 0.6 is 11.3 Å². The van der Waals surface area contributed by atoms with Gasteiger partial charge in [-0.2, -0.15) is 4.31 Å². The first kappa shape index (κ1) is 12.9. The van der Waals surface area contributed by atoms with E-state index in [0.717, 1.165) is 30.7 Å². The van der Waals surface area contributed by atoms with Gasteiger partial charge in [-0.3, -0.25) is 0 Å². The van der Waals surface area contributed by atoms with Crippen molar-refractivity contribution < 1.29 is 8.42 Å². The molecule has 0 aliphatic carbocycles. The zero-order chi connectivity index (χ0) is 12.5. The summed E-state index contributed by atoms with van der Waals surface area (Å²) in [5, 5.41) is 0.756. The van der Waals surface area contributed by atoms with Gasteiger partial charge < -0.3 is 5.73 Å². The van der Waals surface area contributed by atoms with E-state index >= 15 is 0 Å². The van der Waals surface area contributed by atoms with E-state index in [1.165, 1.54) is 21.8 Å². The topological polar surface area (TPSA) is 76.3 Å². The second kappa shape index (κ2) is 5.01. The van der Waals surface area contributed by atoms with Crippen molar-refractivity contribution in [3.05, 3.63) is 11.2 Å². The van der Waals surface area contributed by atoms with E-state index in [0.29, 0.717) is 10.8 Å². The number of nitrogens with two attached hydrogens (primary N) is 1. The molecule has 0 spiro atoms. The Hall–Kier alpha value is -0.500. The molecule has 1 aromatic rings. The lowest BCUT2D eigenvalue weighted by atomic mass is 10.2. The standard InChI is InChI=1S/C10H17N3O2S2/c1-8-12-7-10(16-8)17(14,15)13-6-4-2-3-5-9(13)11/h7,9H,2-6,11H2,1H3. The zero-order valence-corrected chi connectivity index (χ0v) is 11.4. The first-order valence-electron chi connectivity index (χ1n) is 5.71. The lowest BCUT2D eigenvalue weighted by Crippen LogP contribution is -2.44. The summed E-state index contributed by atoms with van der Waals surface area (Å²) in [6, 6.07) is 0. The summed E-state index contributed by atoms with van der Waals surface area (Å²) in [6.07, 6.45) is 4.68. The second-order valence-corrected chi connectivity index (χ2v) is 7.58. The Labute approximate surface area is 106 Å². The smallest absolute Gasteiger partial charge is 0.255 e. The molecule has 1 fully saturated rings. The normalized spacial score (nSPS) is 23.5. The zero-order valence-electron chi connectivity index (χ0n) is 9.80. The van der Waals surface area contributed by atoms with Crippen molar-refractivity contribution in [1.29, 1.82) is 0 Å². The number of aromatic nitrogens is 1. The molecule has 1 aromatic heterocycles. The van der Waals surface area contributed by atoms with Crippen molar-refractivity contribution in [3.8, 4) is 0 Å². The van der Waals surface area contributed by atoms with Crippen LogP contribution in [0.4, 0.5) is 0 Å². The van der Waals surface area contributed by atoms with Crippen molar-refractivity contribution in [2.24, 2.45) is 5.73 Å². The number of rotatable bonds is 2. The Kier molecular flexibility index (Phi) is 3.82. The van der Waals surface area contributed by atoms with Crippen LogP contribution in [0.3, 0.4) is 0 Å². The van der Waals surface area contributed by atoms with Crippen LogP contribution in [0.5, 0.6) is 0 Å². The molecule has 1 atom stereocenters. The Morgan fingerprint density at radius 3 is 2.88 bits per heavy atom. The van der Waals surface area contributed by atoms with Crippen LogP contribution in [0, 0.1) is 6.92 Å². The van der Waals surface area contributed by atoms with E-state index in [-0.39, 0.29) is 0 Å². The minimum absolute atomic E-state index is 0.298. The van der Waals surface area contributed by atoms with Crippen molar-refractivity contribution in [3.63, 3.8) is 0 Å². The largest absolute Gasteiger partial charge is 0.315 e. The molecule has 1 aliphatic heterocycles. The van der Waals surface area contributed by atoms with Crippen LogP contribution in [0.2, 0.25) is 0 Å². The molecule has 2 N–H and O–H groups in total. The van der Waals surface area contributed by atoms with Crippen LogP contribution in [0.1, 0.15) is 30.7 Å². The maximum absolute atomic E-state index is 12.4. The quantitative estimate of drug-likeness (QED) is 0.882. The number of aryl methyl sites for hydroxylation is 1. The maximum atomic E-state index is 12.4. The minimum Gasteiger partial charge on any atom is -0.315 e. The van der Waals surface area contributed by atoms with Gasteiger partial charge in [0.1, 0.15) is 0 Å². The van der Waals surface area contributed by atoms with Crippen LogP contribution in [0.25, 0.3) is 0 Å². The monoisotopic (exact) mass is 275 g/mol. The van der Waals surface area contributed by atoms with E-state index in [2.05, 4.69) is 4.98 Å². The molecule has 1 saturated heterocycles. The van der Waals surface area contributed by atoms with Crippen molar-refractivity contribution >= 4 is 21.4 Å². The first-order valence-corrected chi connectivity index (χ1v) is 7.97. The van der Waals surface area contributed by atoms with Crippen LogP contribution in [-0.4, -0.2) is 30.4 Å². The van der Waals surface area contributed by atoms with Gasteiger partial charge in [-0.05, 0) is 19.8 Å². The van der Waals surface area contributed by atoms with E-state index < -0.39 is 16.2 Å². The third-order valence-corrected chi connectivity index (χ3v) is 6.19. The highest BCUT2D eigenvalue weighted by Gasteiger charge is 2.31. The Morgan fingerprint density at radius 2 is 2.24 bits per heavy atom. The van der Waals surface area contributed by atoms with Gasteiger partial charge in [0.15, 0.2) is 4.21 Å². The van der Waals surface area contributed by atoms with Crippen molar-refractivity contribution in [2.45, 2.75) is 43.0 Å². The van der Waals surface area contributed by atoms with Gasteiger partial charge in [0.05, 0.1) is 17.4 Å². The molecule has 2 heterocycles. The number of hydrogen-bond donors (Lipinski definition) is 1. The van der Waals surface area contributed by atoms with Crippen molar-refractivity contribution in [1.82, 2.24) is 9.29 Å². The summed E-state index contributed by atoms with van der Waals surface area (Å²) in [5.41, 5.74) is 5.94. The molecule has 17 heavy (non-hydrogen) atoms. The molecule has 0 amide bonds. The molecular weight excluding hydrogens is 258 g/mol. The number of nitrogens with zero attached hydrogens (tertiary/aromatic N) is 2. The molecule has 0 radical (unpaired) electrons. The molecule has 1 aliphatic rings. The molecule has 0 aromatic carbocycles. The fraction of sp³-hybridized carbons (Fsp3) is 0.700. The third kappa shape index (κ3) is 2.67. The highest BCUT2D eigenvalue weighted by atomic mass is 32.2. The lowest BCUT2D eigenvalue weighted by molar-refractivity contribution is 0.330. The van der Waals surface area contributed by atoms with E-state index in [9.17, 15) is 8.42 Å². The summed E-state index contributed by atoms with van der Waals surface area (Å²) in [7, 11) is -3.45.